The minimum absolute atomic E-state index is 0.0497. The van der Waals surface area contributed by atoms with E-state index < -0.39 is 40.7 Å². The summed E-state index contributed by atoms with van der Waals surface area (Å²) in [6.45, 7) is 3.73. The molecule has 0 aromatic heterocycles. The molecule has 1 amide bonds. The Morgan fingerprint density at radius 3 is 2.23 bits per heavy atom. The molecule has 1 aliphatic heterocycles. The summed E-state index contributed by atoms with van der Waals surface area (Å²) in [6, 6.07) is 13.0. The Hall–Kier alpha value is -3.28. The van der Waals surface area contributed by atoms with E-state index in [0.29, 0.717) is 17.9 Å². The lowest BCUT2D eigenvalue weighted by atomic mass is 10.1. The van der Waals surface area contributed by atoms with E-state index in [2.05, 4.69) is 27.7 Å². The van der Waals surface area contributed by atoms with Crippen LogP contribution in [0.5, 0.6) is 5.75 Å². The molecule has 0 saturated carbocycles. The third kappa shape index (κ3) is 4.79. The lowest BCUT2D eigenvalue weighted by molar-refractivity contribution is -0.114. The van der Waals surface area contributed by atoms with E-state index in [4.69, 9.17) is 4.74 Å². The quantitative estimate of drug-likeness (QED) is 0.108. The van der Waals surface area contributed by atoms with E-state index in [0.717, 1.165) is 14.7 Å². The molecule has 35 heavy (non-hydrogen) atoms. The van der Waals surface area contributed by atoms with Crippen LogP contribution in [0.25, 0.3) is 6.08 Å². The molecule has 0 saturated heterocycles. The molecule has 0 N–H and O–H groups in total. The number of nitrogens with zero attached hydrogens (tertiary/aromatic N) is 2. The predicted molar refractivity (Wildman–Crippen MR) is 129 cm³/mol. The van der Waals surface area contributed by atoms with Crippen LogP contribution in [-0.2, 0) is 11.4 Å². The largest absolute Gasteiger partial charge is 0.488 e. The maximum absolute atomic E-state index is 14.2. The molecule has 0 aliphatic carbocycles. The van der Waals surface area contributed by atoms with Crippen LogP contribution in [0.3, 0.4) is 0 Å². The van der Waals surface area contributed by atoms with Gasteiger partial charge in [0.15, 0.2) is 23.3 Å². The van der Waals surface area contributed by atoms with Gasteiger partial charge in [-0.1, -0.05) is 35.9 Å². The second-order valence-corrected chi connectivity index (χ2v) is 8.91. The fourth-order valence-electron chi connectivity index (χ4n) is 3.47. The maximum atomic E-state index is 14.2. The highest BCUT2D eigenvalue weighted by atomic mass is 127. The number of hydrazone groups is 1. The van der Waals surface area contributed by atoms with Crippen molar-refractivity contribution in [2.75, 3.05) is 5.01 Å². The van der Waals surface area contributed by atoms with E-state index in [9.17, 15) is 26.7 Å². The Bertz CT molecular complexity index is 1390. The molecular formula is C25H16F5IN2O2. The number of aryl methyl sites for hydroxylation is 1. The van der Waals surface area contributed by atoms with E-state index in [1.165, 1.54) is 13.0 Å². The van der Waals surface area contributed by atoms with Gasteiger partial charge in [-0.2, -0.15) is 10.1 Å². The molecule has 0 radical (unpaired) electrons. The number of benzene rings is 3. The van der Waals surface area contributed by atoms with Crippen LogP contribution in [0, 0.1) is 39.6 Å². The Balaban J connectivity index is 1.59. The third-order valence-electron chi connectivity index (χ3n) is 5.20. The highest BCUT2D eigenvalue weighted by Crippen LogP contribution is 2.34. The van der Waals surface area contributed by atoms with Crippen LogP contribution in [0.15, 0.2) is 53.1 Å². The zero-order valence-electron chi connectivity index (χ0n) is 18.3. The number of hydrogen-bond acceptors (Lipinski definition) is 3. The average Bonchev–Trinajstić information content (AvgIpc) is 3.09. The summed E-state index contributed by atoms with van der Waals surface area (Å²) in [5.41, 5.74) is 1.23. The molecule has 0 fully saturated rings. The van der Waals surface area contributed by atoms with E-state index >= 15 is 0 Å². The van der Waals surface area contributed by atoms with Crippen molar-refractivity contribution in [3.63, 3.8) is 0 Å². The van der Waals surface area contributed by atoms with Crippen molar-refractivity contribution in [3.8, 4) is 5.75 Å². The van der Waals surface area contributed by atoms with Crippen molar-refractivity contribution < 1.29 is 31.5 Å². The van der Waals surface area contributed by atoms with Gasteiger partial charge in [0, 0.05) is 0 Å². The first-order chi connectivity index (χ1) is 16.6. The van der Waals surface area contributed by atoms with Crippen LogP contribution in [0.2, 0.25) is 0 Å². The van der Waals surface area contributed by atoms with Crippen molar-refractivity contribution in [3.05, 3.63) is 97.4 Å². The SMILES string of the molecule is CC1=NN(c2c(F)c(F)c(F)c(F)c2F)C(=O)/C1=C/c1ccc(OCc2cccc(C)c2)c(I)c1. The molecular weight excluding hydrogens is 582 g/mol. The summed E-state index contributed by atoms with van der Waals surface area (Å²) >= 11 is 2.07. The highest BCUT2D eigenvalue weighted by molar-refractivity contribution is 14.1. The Labute approximate surface area is 210 Å². The van der Waals surface area contributed by atoms with Crippen LogP contribution in [0.1, 0.15) is 23.6 Å². The van der Waals surface area contributed by atoms with Gasteiger partial charge >= 0.3 is 0 Å². The average molecular weight is 598 g/mol. The lowest BCUT2D eigenvalue weighted by Gasteiger charge is -2.15. The number of hydrogen-bond donors (Lipinski definition) is 0. The van der Waals surface area contributed by atoms with Gasteiger partial charge in [-0.3, -0.25) is 4.79 Å². The molecule has 0 atom stereocenters. The van der Waals surface area contributed by atoms with Crippen molar-refractivity contribution in [2.24, 2.45) is 5.10 Å². The molecule has 4 nitrogen and oxygen atoms in total. The van der Waals surface area contributed by atoms with Gasteiger partial charge in [-0.05, 0) is 65.8 Å². The smallest absolute Gasteiger partial charge is 0.280 e. The van der Waals surface area contributed by atoms with Crippen molar-refractivity contribution in [2.45, 2.75) is 20.5 Å². The van der Waals surface area contributed by atoms with Gasteiger partial charge in [0.2, 0.25) is 5.82 Å². The Kier molecular flexibility index (Phi) is 6.93. The second-order valence-electron chi connectivity index (χ2n) is 7.75. The van der Waals surface area contributed by atoms with E-state index in [1.54, 1.807) is 18.2 Å². The molecule has 0 bridgehead atoms. The number of carbonyl (C=O) groups excluding carboxylic acids is 1. The number of ether oxygens (including phenoxy) is 1. The summed E-state index contributed by atoms with van der Waals surface area (Å²) in [7, 11) is 0. The molecule has 1 heterocycles. The summed E-state index contributed by atoms with van der Waals surface area (Å²) in [5.74, 6) is -11.3. The van der Waals surface area contributed by atoms with Gasteiger partial charge in [-0.25, -0.2) is 22.0 Å². The van der Waals surface area contributed by atoms with Crippen molar-refractivity contribution in [1.82, 2.24) is 0 Å². The minimum atomic E-state index is -2.31. The van der Waals surface area contributed by atoms with E-state index in [1.807, 2.05) is 31.2 Å². The highest BCUT2D eigenvalue weighted by Gasteiger charge is 2.37. The number of amides is 1. The fourth-order valence-corrected chi connectivity index (χ4v) is 4.16. The molecule has 0 unspecified atom stereocenters. The topological polar surface area (TPSA) is 41.9 Å². The van der Waals surface area contributed by atoms with Gasteiger partial charge in [0.05, 0.1) is 14.9 Å². The zero-order chi connectivity index (χ0) is 25.4. The molecule has 10 heteroatoms. The monoisotopic (exact) mass is 598 g/mol. The normalized spacial score (nSPS) is 14.6. The van der Waals surface area contributed by atoms with Crippen molar-refractivity contribution >= 4 is 46.0 Å². The summed E-state index contributed by atoms with van der Waals surface area (Å²) in [6.07, 6.45) is 1.42. The third-order valence-corrected chi connectivity index (χ3v) is 6.05. The summed E-state index contributed by atoms with van der Waals surface area (Å²) in [4.78, 5) is 12.8. The van der Waals surface area contributed by atoms with E-state index in [-0.39, 0.29) is 16.3 Å². The van der Waals surface area contributed by atoms with Crippen LogP contribution in [0.4, 0.5) is 27.6 Å². The predicted octanol–water partition coefficient (Wildman–Crippen LogP) is 6.68. The van der Waals surface area contributed by atoms with Gasteiger partial charge in [0.1, 0.15) is 18.0 Å². The first kappa shape index (κ1) is 24.8. The second kappa shape index (κ2) is 9.76. The first-order valence-corrected chi connectivity index (χ1v) is 11.3. The number of carbonyl (C=O) groups is 1. The van der Waals surface area contributed by atoms with Crippen LogP contribution < -0.4 is 9.75 Å². The first-order valence-electron chi connectivity index (χ1n) is 10.2. The molecule has 1 aliphatic rings. The van der Waals surface area contributed by atoms with Gasteiger partial charge < -0.3 is 4.74 Å². The van der Waals surface area contributed by atoms with Gasteiger partial charge in [-0.15, -0.1) is 0 Å². The van der Waals surface area contributed by atoms with Crippen LogP contribution >= 0.6 is 22.6 Å². The fraction of sp³-hybridized carbons (Fsp3) is 0.120. The molecule has 3 aromatic carbocycles. The minimum Gasteiger partial charge on any atom is -0.488 e. The zero-order valence-corrected chi connectivity index (χ0v) is 20.5. The number of anilines is 1. The Morgan fingerprint density at radius 1 is 0.943 bits per heavy atom. The molecule has 180 valence electrons. The Morgan fingerprint density at radius 2 is 1.60 bits per heavy atom. The van der Waals surface area contributed by atoms with Crippen molar-refractivity contribution in [1.29, 1.82) is 0 Å². The molecule has 3 aromatic rings. The lowest BCUT2D eigenvalue weighted by Crippen LogP contribution is -2.25. The maximum Gasteiger partial charge on any atom is 0.280 e. The number of halogens is 6. The van der Waals surface area contributed by atoms with Crippen LogP contribution in [-0.4, -0.2) is 11.6 Å². The molecule has 4 rings (SSSR count). The standard InChI is InChI=1S/C25H16F5IN2O2/c1-12-4-3-5-15(8-12)11-35-18-7-6-14(10-17(18)31)9-16-13(2)32-33(25(16)34)24-22(29)20(27)19(26)21(28)23(24)30/h3-10H,11H2,1-2H3/b16-9+. The molecule has 0 spiro atoms. The summed E-state index contributed by atoms with van der Waals surface area (Å²) in [5, 5.41) is 3.91. The van der Waals surface area contributed by atoms with Gasteiger partial charge in [0.25, 0.3) is 5.91 Å². The number of rotatable bonds is 5. The summed E-state index contributed by atoms with van der Waals surface area (Å²) < 4.78 is 75.6.